The second kappa shape index (κ2) is 5.72. The Morgan fingerprint density at radius 1 is 1.29 bits per heavy atom. The Bertz CT molecular complexity index is 160. The van der Waals surface area contributed by atoms with Gasteiger partial charge in [0.1, 0.15) is 0 Å². The molecule has 1 saturated carbocycles. The number of hydrogen-bond donors (Lipinski definition) is 2. The number of rotatable bonds is 4. The predicted octanol–water partition coefficient (Wildman–Crippen LogP) is 2.03. The molecule has 4 atom stereocenters. The molecular formula is C12H25NO. The highest BCUT2D eigenvalue weighted by Gasteiger charge is 2.32. The van der Waals surface area contributed by atoms with Crippen LogP contribution in [0, 0.1) is 17.8 Å². The van der Waals surface area contributed by atoms with E-state index in [9.17, 15) is 5.11 Å². The van der Waals surface area contributed by atoms with E-state index in [1.54, 1.807) is 0 Å². The van der Waals surface area contributed by atoms with Crippen molar-refractivity contribution < 1.29 is 5.11 Å². The Balaban J connectivity index is 2.49. The van der Waals surface area contributed by atoms with Crippen LogP contribution in [0.3, 0.4) is 0 Å². The van der Waals surface area contributed by atoms with Crippen LogP contribution >= 0.6 is 0 Å². The Hall–Kier alpha value is -0.0800. The van der Waals surface area contributed by atoms with E-state index < -0.39 is 0 Å². The van der Waals surface area contributed by atoms with Crippen LogP contribution in [-0.4, -0.2) is 24.3 Å². The van der Waals surface area contributed by atoms with Crippen LogP contribution in [0.15, 0.2) is 0 Å². The number of hydrogen-bond acceptors (Lipinski definition) is 2. The summed E-state index contributed by atoms with van der Waals surface area (Å²) in [4.78, 5) is 0. The van der Waals surface area contributed by atoms with Crippen LogP contribution < -0.4 is 5.32 Å². The average Bonchev–Trinajstić information content (AvgIpc) is 2.14. The zero-order valence-electron chi connectivity index (χ0n) is 9.79. The van der Waals surface area contributed by atoms with Gasteiger partial charge in [-0.15, -0.1) is 0 Å². The molecule has 1 fully saturated rings. The fourth-order valence-corrected chi connectivity index (χ4v) is 2.78. The van der Waals surface area contributed by atoms with Crippen molar-refractivity contribution in [3.8, 4) is 0 Å². The van der Waals surface area contributed by atoms with Crippen molar-refractivity contribution in [3.05, 3.63) is 0 Å². The minimum atomic E-state index is 0.343. The summed E-state index contributed by atoms with van der Waals surface area (Å²) in [5, 5.41) is 13.0. The number of aliphatic hydroxyl groups is 1. The Kier molecular flexibility index (Phi) is 4.90. The van der Waals surface area contributed by atoms with Gasteiger partial charge in [0.05, 0.1) is 0 Å². The highest BCUT2D eigenvalue weighted by Crippen LogP contribution is 2.33. The van der Waals surface area contributed by atoms with Crippen LogP contribution in [0.25, 0.3) is 0 Å². The molecule has 1 aliphatic carbocycles. The fourth-order valence-electron chi connectivity index (χ4n) is 2.78. The lowest BCUT2D eigenvalue weighted by molar-refractivity contribution is 0.0861. The molecular weight excluding hydrogens is 174 g/mol. The largest absolute Gasteiger partial charge is 0.396 e. The van der Waals surface area contributed by atoms with Crippen molar-refractivity contribution in [1.82, 2.24) is 5.32 Å². The van der Waals surface area contributed by atoms with Gasteiger partial charge in [-0.2, -0.15) is 0 Å². The molecule has 0 aromatic heterocycles. The Morgan fingerprint density at radius 3 is 2.57 bits per heavy atom. The summed E-state index contributed by atoms with van der Waals surface area (Å²) in [6.45, 7) is 8.22. The third kappa shape index (κ3) is 2.96. The lowest BCUT2D eigenvalue weighted by atomic mass is 9.72. The summed E-state index contributed by atoms with van der Waals surface area (Å²) in [7, 11) is 0. The first-order valence-corrected chi connectivity index (χ1v) is 6.03. The molecule has 0 aliphatic heterocycles. The molecule has 0 aromatic carbocycles. The molecule has 0 aromatic rings. The van der Waals surface area contributed by atoms with Gasteiger partial charge < -0.3 is 10.4 Å². The molecule has 0 spiro atoms. The molecule has 1 rings (SSSR count). The van der Waals surface area contributed by atoms with Crippen molar-refractivity contribution in [3.63, 3.8) is 0 Å². The van der Waals surface area contributed by atoms with Gasteiger partial charge in [0.15, 0.2) is 0 Å². The second-order valence-corrected chi connectivity index (χ2v) is 4.96. The maximum Gasteiger partial charge on any atom is 0.0476 e. The first kappa shape index (κ1) is 12.0. The first-order chi connectivity index (χ1) is 6.69. The first-order valence-electron chi connectivity index (χ1n) is 6.03. The van der Waals surface area contributed by atoms with Gasteiger partial charge in [-0.25, -0.2) is 0 Å². The van der Waals surface area contributed by atoms with E-state index in [1.165, 1.54) is 19.3 Å². The molecule has 2 nitrogen and oxygen atoms in total. The van der Waals surface area contributed by atoms with E-state index in [-0.39, 0.29) is 0 Å². The van der Waals surface area contributed by atoms with Crippen molar-refractivity contribution in [2.75, 3.05) is 13.2 Å². The van der Waals surface area contributed by atoms with Crippen LogP contribution in [0.4, 0.5) is 0 Å². The van der Waals surface area contributed by atoms with Gasteiger partial charge in [0, 0.05) is 12.6 Å². The summed E-state index contributed by atoms with van der Waals surface area (Å²) >= 11 is 0. The van der Waals surface area contributed by atoms with Crippen molar-refractivity contribution in [2.24, 2.45) is 17.8 Å². The van der Waals surface area contributed by atoms with E-state index in [4.69, 9.17) is 0 Å². The maximum atomic E-state index is 9.38. The molecule has 0 saturated heterocycles. The zero-order valence-corrected chi connectivity index (χ0v) is 9.79. The van der Waals surface area contributed by atoms with Crippen molar-refractivity contribution in [1.29, 1.82) is 0 Å². The van der Waals surface area contributed by atoms with E-state index in [0.29, 0.717) is 24.5 Å². The van der Waals surface area contributed by atoms with Crippen LogP contribution in [0.5, 0.6) is 0 Å². The molecule has 84 valence electrons. The molecule has 2 heteroatoms. The molecule has 0 bridgehead atoms. The van der Waals surface area contributed by atoms with Crippen LogP contribution in [-0.2, 0) is 0 Å². The summed E-state index contributed by atoms with van der Waals surface area (Å²) in [5.74, 6) is 1.94. The molecule has 2 N–H and O–H groups in total. The molecule has 14 heavy (non-hydrogen) atoms. The Morgan fingerprint density at radius 2 is 2.00 bits per heavy atom. The predicted molar refractivity (Wildman–Crippen MR) is 60.2 cm³/mol. The standard InChI is InChI=1S/C12H25NO/c1-4-5-13-12-7-9(2)6-10(3)11(12)8-14/h9-14H,4-8H2,1-3H3. The van der Waals surface area contributed by atoms with Crippen molar-refractivity contribution >= 4 is 0 Å². The topological polar surface area (TPSA) is 32.3 Å². The lowest BCUT2D eigenvalue weighted by Gasteiger charge is -2.39. The van der Waals surface area contributed by atoms with Gasteiger partial charge in [-0.3, -0.25) is 0 Å². The zero-order chi connectivity index (χ0) is 10.6. The van der Waals surface area contributed by atoms with Crippen LogP contribution in [0.1, 0.15) is 40.0 Å². The van der Waals surface area contributed by atoms with Crippen LogP contribution in [0.2, 0.25) is 0 Å². The molecule has 0 amide bonds. The highest BCUT2D eigenvalue weighted by atomic mass is 16.3. The quantitative estimate of drug-likeness (QED) is 0.726. The number of aliphatic hydroxyl groups excluding tert-OH is 1. The smallest absolute Gasteiger partial charge is 0.0476 e. The third-order valence-corrected chi connectivity index (χ3v) is 3.55. The van der Waals surface area contributed by atoms with E-state index in [0.717, 1.165) is 12.5 Å². The van der Waals surface area contributed by atoms with E-state index in [1.807, 2.05) is 0 Å². The van der Waals surface area contributed by atoms with Gasteiger partial charge in [-0.1, -0.05) is 20.8 Å². The Labute approximate surface area is 88.1 Å². The molecule has 4 unspecified atom stereocenters. The van der Waals surface area contributed by atoms with E-state index >= 15 is 0 Å². The maximum absolute atomic E-state index is 9.38. The monoisotopic (exact) mass is 199 g/mol. The summed E-state index contributed by atoms with van der Waals surface area (Å²) in [5.41, 5.74) is 0. The third-order valence-electron chi connectivity index (χ3n) is 3.55. The number of nitrogens with one attached hydrogen (secondary N) is 1. The normalized spacial score (nSPS) is 38.6. The minimum absolute atomic E-state index is 0.343. The minimum Gasteiger partial charge on any atom is -0.396 e. The summed E-state index contributed by atoms with van der Waals surface area (Å²) in [6.07, 6.45) is 3.68. The summed E-state index contributed by atoms with van der Waals surface area (Å²) in [6, 6.07) is 0.540. The fraction of sp³-hybridized carbons (Fsp3) is 1.00. The summed E-state index contributed by atoms with van der Waals surface area (Å²) < 4.78 is 0. The molecule has 0 radical (unpaired) electrons. The average molecular weight is 199 g/mol. The molecule has 0 heterocycles. The van der Waals surface area contributed by atoms with Gasteiger partial charge in [0.2, 0.25) is 0 Å². The van der Waals surface area contributed by atoms with Gasteiger partial charge >= 0.3 is 0 Å². The second-order valence-electron chi connectivity index (χ2n) is 4.96. The molecule has 1 aliphatic rings. The lowest BCUT2D eigenvalue weighted by Crippen LogP contribution is -2.46. The van der Waals surface area contributed by atoms with Gasteiger partial charge in [0.25, 0.3) is 0 Å². The van der Waals surface area contributed by atoms with E-state index in [2.05, 4.69) is 26.1 Å². The van der Waals surface area contributed by atoms with Crippen molar-refractivity contribution in [2.45, 2.75) is 46.1 Å². The SMILES string of the molecule is CCCNC1CC(C)CC(C)C1CO. The van der Waals surface area contributed by atoms with Gasteiger partial charge in [-0.05, 0) is 43.6 Å². The highest BCUT2D eigenvalue weighted by molar-refractivity contribution is 4.87.